The Morgan fingerprint density at radius 2 is 2.18 bits per heavy atom. The lowest BCUT2D eigenvalue weighted by Gasteiger charge is -1.99. The van der Waals surface area contributed by atoms with Crippen molar-refractivity contribution >= 4 is 40.4 Å². The van der Waals surface area contributed by atoms with Crippen LogP contribution in [0, 0.1) is 3.57 Å². The number of hydrogen-bond acceptors (Lipinski definition) is 1. The summed E-state index contributed by atoms with van der Waals surface area (Å²) in [5.41, 5.74) is 1.20. The Hall–Kier alpha value is 0.0400. The van der Waals surface area contributed by atoms with Crippen molar-refractivity contribution in [3.63, 3.8) is 0 Å². The fourth-order valence-electron chi connectivity index (χ4n) is 0.820. The van der Waals surface area contributed by atoms with Gasteiger partial charge in [-0.15, -0.1) is 11.8 Å². The van der Waals surface area contributed by atoms with E-state index in [4.69, 9.17) is 0 Å². The third-order valence-electron chi connectivity index (χ3n) is 1.37. The van der Waals surface area contributed by atoms with Gasteiger partial charge in [-0.2, -0.15) is 0 Å². The summed E-state index contributed by atoms with van der Waals surface area (Å²) >= 11 is 4.08. The molecule has 2 heteroatoms. The molecule has 0 aliphatic carbocycles. The van der Waals surface area contributed by atoms with E-state index in [2.05, 4.69) is 53.6 Å². The Morgan fingerprint density at radius 1 is 1.45 bits per heavy atom. The zero-order chi connectivity index (χ0) is 8.27. The van der Waals surface area contributed by atoms with Crippen LogP contribution in [0.25, 0.3) is 6.08 Å². The predicted molar refractivity (Wildman–Crippen MR) is 61.0 cm³/mol. The molecule has 0 unspecified atom stereocenters. The fourth-order valence-corrected chi connectivity index (χ4v) is 2.23. The van der Waals surface area contributed by atoms with Gasteiger partial charge in [0.1, 0.15) is 0 Å². The molecule has 0 heterocycles. The van der Waals surface area contributed by atoms with Gasteiger partial charge in [0, 0.05) is 8.47 Å². The maximum atomic E-state index is 3.73. The van der Waals surface area contributed by atoms with Crippen LogP contribution in [0.2, 0.25) is 0 Å². The Kier molecular flexibility index (Phi) is 3.45. The predicted octanol–water partition coefficient (Wildman–Crippen LogP) is 3.66. The molecule has 0 nitrogen and oxygen atoms in total. The molecule has 0 saturated carbocycles. The zero-order valence-electron chi connectivity index (χ0n) is 6.30. The molecule has 0 bridgehead atoms. The van der Waals surface area contributed by atoms with Crippen molar-refractivity contribution in [1.29, 1.82) is 0 Å². The molecule has 0 saturated heterocycles. The summed E-state index contributed by atoms with van der Waals surface area (Å²) in [5.74, 6) is 0. The van der Waals surface area contributed by atoms with Crippen LogP contribution in [0.4, 0.5) is 0 Å². The van der Waals surface area contributed by atoms with Crippen LogP contribution in [0.15, 0.2) is 29.7 Å². The van der Waals surface area contributed by atoms with Crippen molar-refractivity contribution in [2.24, 2.45) is 0 Å². The quantitative estimate of drug-likeness (QED) is 0.587. The normalized spacial score (nSPS) is 9.64. The van der Waals surface area contributed by atoms with Crippen LogP contribution < -0.4 is 0 Å². The first kappa shape index (κ1) is 9.13. The first-order chi connectivity index (χ1) is 5.26. The Morgan fingerprint density at radius 3 is 2.73 bits per heavy atom. The van der Waals surface area contributed by atoms with Gasteiger partial charge >= 0.3 is 0 Å². The minimum absolute atomic E-state index is 1.20. The van der Waals surface area contributed by atoms with Crippen LogP contribution in [0.3, 0.4) is 0 Å². The molecule has 1 rings (SSSR count). The van der Waals surface area contributed by atoms with Crippen molar-refractivity contribution in [2.45, 2.75) is 4.90 Å². The van der Waals surface area contributed by atoms with E-state index < -0.39 is 0 Å². The maximum absolute atomic E-state index is 3.73. The lowest BCUT2D eigenvalue weighted by molar-refractivity contribution is 1.42. The van der Waals surface area contributed by atoms with Crippen LogP contribution in [-0.2, 0) is 0 Å². The molecule has 1 aromatic rings. The highest BCUT2D eigenvalue weighted by atomic mass is 127. The molecule has 58 valence electrons. The highest BCUT2D eigenvalue weighted by molar-refractivity contribution is 14.1. The molecule has 0 spiro atoms. The van der Waals surface area contributed by atoms with Gasteiger partial charge in [-0.05, 0) is 52.6 Å². The second kappa shape index (κ2) is 4.16. The van der Waals surface area contributed by atoms with Gasteiger partial charge in [0.15, 0.2) is 0 Å². The molecule has 0 fully saturated rings. The SMILES string of the molecule is C=Cc1cc(I)cc(SC)c1. The van der Waals surface area contributed by atoms with Gasteiger partial charge in [-0.3, -0.25) is 0 Å². The summed E-state index contributed by atoms with van der Waals surface area (Å²) in [5, 5.41) is 0. The fraction of sp³-hybridized carbons (Fsp3) is 0.111. The van der Waals surface area contributed by atoms with E-state index in [1.54, 1.807) is 11.8 Å². The van der Waals surface area contributed by atoms with Crippen molar-refractivity contribution < 1.29 is 0 Å². The summed E-state index contributed by atoms with van der Waals surface area (Å²) in [6.45, 7) is 3.73. The van der Waals surface area contributed by atoms with Gasteiger partial charge in [-0.25, -0.2) is 0 Å². The molecular weight excluding hydrogens is 267 g/mol. The lowest BCUT2D eigenvalue weighted by Crippen LogP contribution is -1.77. The molecule has 0 atom stereocenters. The average Bonchev–Trinajstić information content (AvgIpc) is 2.03. The molecule has 0 aliphatic rings. The molecule has 0 amide bonds. The average molecular weight is 276 g/mol. The third-order valence-corrected chi connectivity index (χ3v) is 2.69. The van der Waals surface area contributed by atoms with E-state index in [-0.39, 0.29) is 0 Å². The highest BCUT2D eigenvalue weighted by Crippen LogP contribution is 2.20. The summed E-state index contributed by atoms with van der Waals surface area (Å²) in [4.78, 5) is 1.30. The summed E-state index contributed by atoms with van der Waals surface area (Å²) in [7, 11) is 0. The number of thioether (sulfide) groups is 1. The third kappa shape index (κ3) is 2.52. The number of benzene rings is 1. The number of rotatable bonds is 2. The second-order valence-corrected chi connectivity index (χ2v) is 4.25. The molecule has 0 N–H and O–H groups in total. The molecule has 11 heavy (non-hydrogen) atoms. The van der Waals surface area contributed by atoms with Gasteiger partial charge < -0.3 is 0 Å². The van der Waals surface area contributed by atoms with Crippen LogP contribution >= 0.6 is 34.4 Å². The zero-order valence-corrected chi connectivity index (χ0v) is 9.28. The van der Waals surface area contributed by atoms with Gasteiger partial charge in [0.25, 0.3) is 0 Å². The van der Waals surface area contributed by atoms with E-state index in [9.17, 15) is 0 Å². The summed E-state index contributed by atoms with van der Waals surface area (Å²) in [6.07, 6.45) is 3.96. The monoisotopic (exact) mass is 276 g/mol. The Bertz CT molecular complexity index is 268. The molecule has 0 aromatic heterocycles. The first-order valence-electron chi connectivity index (χ1n) is 3.23. The van der Waals surface area contributed by atoms with Crippen LogP contribution in [0.5, 0.6) is 0 Å². The molecular formula is C9H9IS. The molecule has 0 aliphatic heterocycles. The van der Waals surface area contributed by atoms with Crippen LogP contribution in [0.1, 0.15) is 5.56 Å². The van der Waals surface area contributed by atoms with Crippen molar-refractivity contribution in [2.75, 3.05) is 6.26 Å². The minimum Gasteiger partial charge on any atom is -0.130 e. The second-order valence-electron chi connectivity index (χ2n) is 2.13. The highest BCUT2D eigenvalue weighted by Gasteiger charge is 1.94. The standard InChI is InChI=1S/C9H9IS/c1-3-7-4-8(10)6-9(5-7)11-2/h3-6H,1H2,2H3. The Balaban J connectivity index is 3.11. The Labute approximate surface area is 85.2 Å². The molecule has 0 radical (unpaired) electrons. The van der Waals surface area contributed by atoms with E-state index in [1.165, 1.54) is 14.0 Å². The van der Waals surface area contributed by atoms with E-state index >= 15 is 0 Å². The summed E-state index contributed by atoms with van der Waals surface area (Å²) in [6, 6.07) is 6.42. The lowest BCUT2D eigenvalue weighted by atomic mass is 10.2. The smallest absolute Gasteiger partial charge is 0.0147 e. The van der Waals surface area contributed by atoms with Crippen molar-refractivity contribution in [1.82, 2.24) is 0 Å². The largest absolute Gasteiger partial charge is 0.130 e. The van der Waals surface area contributed by atoms with Crippen molar-refractivity contribution in [3.8, 4) is 0 Å². The van der Waals surface area contributed by atoms with E-state index in [0.717, 1.165) is 0 Å². The first-order valence-corrected chi connectivity index (χ1v) is 5.53. The topological polar surface area (TPSA) is 0 Å². The van der Waals surface area contributed by atoms with E-state index in [0.29, 0.717) is 0 Å². The van der Waals surface area contributed by atoms with Gasteiger partial charge in [0.05, 0.1) is 0 Å². The molecule has 1 aromatic carbocycles. The maximum Gasteiger partial charge on any atom is 0.0147 e. The van der Waals surface area contributed by atoms with Gasteiger partial charge in [-0.1, -0.05) is 12.7 Å². The van der Waals surface area contributed by atoms with Crippen molar-refractivity contribution in [3.05, 3.63) is 33.9 Å². The minimum atomic E-state index is 1.20. The number of hydrogen-bond donors (Lipinski definition) is 0. The number of halogens is 1. The summed E-state index contributed by atoms with van der Waals surface area (Å²) < 4.78 is 1.27. The van der Waals surface area contributed by atoms with Gasteiger partial charge in [0.2, 0.25) is 0 Å². The van der Waals surface area contributed by atoms with Crippen LogP contribution in [-0.4, -0.2) is 6.26 Å². The van der Waals surface area contributed by atoms with E-state index in [1.807, 2.05) is 6.08 Å².